The van der Waals surface area contributed by atoms with Crippen LogP contribution < -0.4 is 15.0 Å². The third-order valence-electron chi connectivity index (χ3n) is 12.5. The normalized spacial score (nSPS) is 19.2. The van der Waals surface area contributed by atoms with Gasteiger partial charge in [0, 0.05) is 76.5 Å². The van der Waals surface area contributed by atoms with Crippen molar-refractivity contribution < 1.29 is 34.1 Å². The number of ether oxygens (including phenoxy) is 1. The smallest absolute Gasteiger partial charge is 0.255 e. The van der Waals surface area contributed by atoms with Gasteiger partial charge in [0.05, 0.1) is 6.61 Å². The third kappa shape index (κ3) is 8.34. The maximum Gasteiger partial charge on any atom is 0.255 e. The van der Waals surface area contributed by atoms with E-state index in [2.05, 4.69) is 26.1 Å². The molecule has 12 nitrogen and oxygen atoms in total. The Labute approximate surface area is 353 Å². The highest BCUT2D eigenvalue weighted by molar-refractivity contribution is 7.22. The van der Waals surface area contributed by atoms with Crippen LogP contribution in [-0.2, 0) is 16.1 Å². The van der Waals surface area contributed by atoms with E-state index in [-0.39, 0.29) is 41.4 Å². The number of aromatic hydroxyl groups is 2. The number of likely N-dealkylation sites (tertiary alicyclic amines) is 1. The lowest BCUT2D eigenvalue weighted by Crippen LogP contribution is -2.52. The molecule has 60 heavy (non-hydrogen) atoms. The molecule has 4 aliphatic heterocycles. The zero-order valence-corrected chi connectivity index (χ0v) is 34.3. The highest BCUT2D eigenvalue weighted by Gasteiger charge is 2.39. The molecule has 0 bridgehead atoms. The van der Waals surface area contributed by atoms with Gasteiger partial charge in [0.2, 0.25) is 11.8 Å². The first-order valence-corrected chi connectivity index (χ1v) is 21.8. The van der Waals surface area contributed by atoms with Gasteiger partial charge >= 0.3 is 0 Å². The van der Waals surface area contributed by atoms with Crippen molar-refractivity contribution in [2.24, 2.45) is 5.92 Å². The summed E-state index contributed by atoms with van der Waals surface area (Å²) in [5.74, 6) is 0.630. The lowest BCUT2D eigenvalue weighted by atomic mass is 9.97. The molecule has 3 saturated heterocycles. The highest BCUT2D eigenvalue weighted by Crippen LogP contribution is 2.42. The van der Waals surface area contributed by atoms with Gasteiger partial charge in [-0.3, -0.25) is 29.4 Å². The number of hydrogen-bond donors (Lipinski definition) is 3. The summed E-state index contributed by atoms with van der Waals surface area (Å²) >= 11 is 1.45. The number of carbonyl (C=O) groups excluding carboxylic acids is 4. The first-order chi connectivity index (χ1) is 29.2. The average molecular weight is 828 g/mol. The summed E-state index contributed by atoms with van der Waals surface area (Å²) in [6.07, 6.45) is 3.93. The number of hydrogen-bond acceptors (Lipinski definition) is 11. The summed E-state index contributed by atoms with van der Waals surface area (Å²) < 4.78 is 7.05. The first kappa shape index (κ1) is 39.7. The largest absolute Gasteiger partial charge is 0.508 e. The molecule has 0 spiro atoms. The van der Waals surface area contributed by atoms with Gasteiger partial charge in [0.1, 0.15) is 23.3 Å². The zero-order chi connectivity index (χ0) is 41.3. The lowest BCUT2D eigenvalue weighted by molar-refractivity contribution is -0.136. The minimum atomic E-state index is -0.599. The number of fused-ring (bicyclic) bond motifs is 2. The molecule has 0 saturated carbocycles. The summed E-state index contributed by atoms with van der Waals surface area (Å²) in [7, 11) is 0. The number of nitrogens with one attached hydrogen (secondary N) is 1. The van der Waals surface area contributed by atoms with Gasteiger partial charge < -0.3 is 29.6 Å². The highest BCUT2D eigenvalue weighted by atomic mass is 32.1. The number of phenols is 2. The second-order valence-corrected chi connectivity index (χ2v) is 17.5. The van der Waals surface area contributed by atoms with E-state index in [1.807, 2.05) is 36.4 Å². The number of ketones is 1. The van der Waals surface area contributed by atoms with Crippen LogP contribution >= 0.6 is 11.3 Å². The second-order valence-electron chi connectivity index (χ2n) is 16.4. The van der Waals surface area contributed by atoms with Crippen molar-refractivity contribution in [1.29, 1.82) is 0 Å². The van der Waals surface area contributed by atoms with E-state index in [0.717, 1.165) is 109 Å². The summed E-state index contributed by atoms with van der Waals surface area (Å²) in [4.78, 5) is 61.0. The second kappa shape index (κ2) is 17.1. The van der Waals surface area contributed by atoms with Crippen LogP contribution in [0.15, 0.2) is 84.9 Å². The molecular weight excluding hydrogens is 779 g/mol. The summed E-state index contributed by atoms with van der Waals surface area (Å²) in [6, 6.07) is 24.7. The molecule has 9 rings (SSSR count). The summed E-state index contributed by atoms with van der Waals surface area (Å²) in [6.45, 7) is 9.15. The van der Waals surface area contributed by atoms with Gasteiger partial charge in [-0.15, -0.1) is 11.3 Å². The van der Waals surface area contributed by atoms with Gasteiger partial charge in [-0.2, -0.15) is 0 Å². The zero-order valence-electron chi connectivity index (χ0n) is 33.5. The number of rotatable bonds is 12. The number of piperazine rings is 1. The van der Waals surface area contributed by atoms with E-state index in [1.165, 1.54) is 11.3 Å². The molecule has 4 aromatic carbocycles. The number of imide groups is 1. The number of carbonyl (C=O) groups is 4. The van der Waals surface area contributed by atoms with Crippen molar-refractivity contribution in [2.45, 2.75) is 44.7 Å². The first-order valence-electron chi connectivity index (χ1n) is 21.0. The molecule has 3 N–H and O–H groups in total. The fourth-order valence-corrected chi connectivity index (χ4v) is 10.3. The molecular formula is C47H49N5O7S. The molecule has 1 atom stereocenters. The molecule has 0 radical (unpaired) electrons. The average Bonchev–Trinajstić information content (AvgIpc) is 3.80. The molecule has 1 aromatic heterocycles. The van der Waals surface area contributed by atoms with Crippen molar-refractivity contribution in [3.8, 4) is 27.7 Å². The Bertz CT molecular complexity index is 2420. The summed E-state index contributed by atoms with van der Waals surface area (Å²) in [5, 5.41) is 23.1. The Morgan fingerprint density at radius 3 is 2.23 bits per heavy atom. The van der Waals surface area contributed by atoms with E-state index >= 15 is 0 Å². The molecule has 5 aromatic rings. The number of piperidine rings is 2. The quantitative estimate of drug-likeness (QED) is 0.0973. The Hall–Kier alpha value is -5.76. The van der Waals surface area contributed by atoms with E-state index in [0.29, 0.717) is 42.2 Å². The van der Waals surface area contributed by atoms with Crippen molar-refractivity contribution in [3.05, 3.63) is 107 Å². The van der Waals surface area contributed by atoms with Crippen molar-refractivity contribution in [3.63, 3.8) is 0 Å². The molecule has 0 aliphatic carbocycles. The van der Waals surface area contributed by atoms with Crippen LogP contribution in [0.3, 0.4) is 0 Å². The van der Waals surface area contributed by atoms with Gasteiger partial charge in [-0.1, -0.05) is 0 Å². The Balaban J connectivity index is 0.699. The number of thiophene rings is 1. The van der Waals surface area contributed by atoms with Crippen LogP contribution in [0.25, 0.3) is 20.5 Å². The van der Waals surface area contributed by atoms with Crippen molar-refractivity contribution >= 4 is 50.6 Å². The van der Waals surface area contributed by atoms with E-state index < -0.39 is 6.04 Å². The lowest BCUT2D eigenvalue weighted by Gasteiger charge is -2.37. The van der Waals surface area contributed by atoms with Gasteiger partial charge in [0.25, 0.3) is 5.91 Å². The van der Waals surface area contributed by atoms with Gasteiger partial charge in [0.15, 0.2) is 5.78 Å². The van der Waals surface area contributed by atoms with Crippen LogP contribution in [0.5, 0.6) is 17.2 Å². The van der Waals surface area contributed by atoms with Gasteiger partial charge in [-0.25, -0.2) is 0 Å². The number of anilines is 1. The maximum atomic E-state index is 14.0. The number of benzene rings is 4. The molecule has 3 amide bonds. The fraction of sp³-hybridized carbons (Fsp3) is 0.362. The van der Waals surface area contributed by atoms with Crippen LogP contribution in [-0.4, -0.2) is 113 Å². The number of phenolic OH excluding ortho intramolecular Hbond substituents is 2. The SMILES string of the molecule is O=C1CCC(N2Cc3cc(N4CCN(CCCN5CCC(COc6ccc(C(=O)c7c(-c8ccc(O)cc8)sc8cc(O)ccc78)cc6)CC5)CC4)ccc3C2=O)C(=O)N1. The number of nitrogens with zero attached hydrogens (tertiary/aromatic N) is 4. The molecule has 1 unspecified atom stereocenters. The molecule has 4 aliphatic rings. The van der Waals surface area contributed by atoms with Crippen LogP contribution in [0, 0.1) is 5.92 Å². The molecule has 310 valence electrons. The minimum absolute atomic E-state index is 0.103. The standard InChI is InChI=1S/C47H49N5O7S/c53-35-7-2-32(3-8-35)45-43(39-13-9-36(54)27-41(39)60-45)44(56)31-4-10-37(11-5-31)59-29-30-16-20-49(21-17-30)18-1-19-50-22-24-51(25-23-50)34-6-12-38-33(26-34)28-52(47(38)58)40-14-15-42(55)48-46(40)57/h2-13,26-27,30,40,53-54H,1,14-25,28-29H2,(H,48,55,57). The van der Waals surface area contributed by atoms with Crippen LogP contribution in [0.4, 0.5) is 5.69 Å². The van der Waals surface area contributed by atoms with Crippen LogP contribution in [0.2, 0.25) is 0 Å². The minimum Gasteiger partial charge on any atom is -0.508 e. The summed E-state index contributed by atoms with van der Waals surface area (Å²) in [5.41, 5.74) is 4.67. The van der Waals surface area contributed by atoms with Crippen molar-refractivity contribution in [2.75, 3.05) is 63.9 Å². The Morgan fingerprint density at radius 1 is 0.783 bits per heavy atom. The predicted octanol–water partition coefficient (Wildman–Crippen LogP) is 6.27. The fourth-order valence-electron chi connectivity index (χ4n) is 9.07. The molecule has 13 heteroatoms. The Kier molecular flexibility index (Phi) is 11.3. The third-order valence-corrected chi connectivity index (χ3v) is 13.7. The van der Waals surface area contributed by atoms with E-state index in [1.54, 1.807) is 47.4 Å². The molecule has 5 heterocycles. The Morgan fingerprint density at radius 2 is 1.50 bits per heavy atom. The van der Waals surface area contributed by atoms with Gasteiger partial charge in [-0.05, 0) is 154 Å². The van der Waals surface area contributed by atoms with Crippen LogP contribution in [0.1, 0.15) is 63.9 Å². The topological polar surface area (TPSA) is 143 Å². The molecule has 3 fully saturated rings. The van der Waals surface area contributed by atoms with E-state index in [4.69, 9.17) is 4.74 Å². The monoisotopic (exact) mass is 827 g/mol. The predicted molar refractivity (Wildman–Crippen MR) is 231 cm³/mol. The number of amides is 3. The maximum absolute atomic E-state index is 14.0. The van der Waals surface area contributed by atoms with E-state index in [9.17, 15) is 29.4 Å². The van der Waals surface area contributed by atoms with Crippen molar-refractivity contribution in [1.82, 2.24) is 20.0 Å².